The summed E-state index contributed by atoms with van der Waals surface area (Å²) in [6.07, 6.45) is 3.45. The van der Waals surface area contributed by atoms with Crippen molar-refractivity contribution in [3.05, 3.63) is 64.7 Å². The van der Waals surface area contributed by atoms with Crippen molar-refractivity contribution in [2.45, 2.75) is 55.6 Å². The van der Waals surface area contributed by atoms with Crippen LogP contribution in [0.15, 0.2) is 53.4 Å². The van der Waals surface area contributed by atoms with Gasteiger partial charge in [0.25, 0.3) is 0 Å². The van der Waals surface area contributed by atoms with Gasteiger partial charge in [0, 0.05) is 24.0 Å². The van der Waals surface area contributed by atoms with Crippen molar-refractivity contribution in [2.75, 3.05) is 13.1 Å². The second-order valence-electron chi connectivity index (χ2n) is 8.00. The molecule has 0 saturated carbocycles. The highest BCUT2D eigenvalue weighted by molar-refractivity contribution is 7.92. The van der Waals surface area contributed by atoms with Gasteiger partial charge in [-0.05, 0) is 62.1 Å². The maximum Gasteiger partial charge on any atom is 0.227 e. The molecule has 1 aliphatic rings. The van der Waals surface area contributed by atoms with E-state index in [1.54, 1.807) is 38.1 Å². The van der Waals surface area contributed by atoms with Gasteiger partial charge >= 0.3 is 0 Å². The number of carbonyl (C=O) groups excluding carboxylic acids is 1. The third-order valence-electron chi connectivity index (χ3n) is 5.59. The molecule has 2 aromatic rings. The Morgan fingerprint density at radius 1 is 1.07 bits per heavy atom. The number of hydrogen-bond acceptors (Lipinski definition) is 3. The Balaban J connectivity index is 1.68. The molecule has 4 nitrogen and oxygen atoms in total. The molecule has 29 heavy (non-hydrogen) atoms. The fraction of sp³-hybridized carbons (Fsp3) is 0.435. The van der Waals surface area contributed by atoms with Crippen molar-refractivity contribution >= 4 is 27.3 Å². The lowest BCUT2D eigenvalue weighted by Crippen LogP contribution is -2.35. The summed E-state index contributed by atoms with van der Waals surface area (Å²) in [5.41, 5.74) is 2.06. The first-order valence-corrected chi connectivity index (χ1v) is 12.1. The van der Waals surface area contributed by atoms with Crippen molar-refractivity contribution in [1.29, 1.82) is 0 Å². The molecule has 0 unspecified atom stereocenters. The van der Waals surface area contributed by atoms with E-state index in [0.29, 0.717) is 17.4 Å². The average molecular weight is 434 g/mol. The molecule has 0 N–H and O–H groups in total. The van der Waals surface area contributed by atoms with E-state index in [1.807, 2.05) is 17.0 Å². The van der Waals surface area contributed by atoms with Gasteiger partial charge in [-0.15, -0.1) is 0 Å². The van der Waals surface area contributed by atoms with Crippen LogP contribution in [0.4, 0.5) is 0 Å². The van der Waals surface area contributed by atoms with Crippen LogP contribution in [-0.4, -0.2) is 37.6 Å². The first-order valence-electron chi connectivity index (χ1n) is 10.1. The Bertz CT molecular complexity index is 937. The number of halogens is 1. The summed E-state index contributed by atoms with van der Waals surface area (Å²) in [6.45, 7) is 4.81. The SMILES string of the molecule is CC(C)S(=O)(=O)c1ccc(CC(=O)N2CCCC[C@@H](c3ccc(Cl)cc3)C2)cc1. The zero-order chi connectivity index (χ0) is 21.0. The third-order valence-corrected chi connectivity index (χ3v) is 8.02. The third kappa shape index (κ3) is 5.40. The number of nitrogens with zero attached hydrogens (tertiary/aromatic N) is 1. The molecule has 0 aliphatic carbocycles. The lowest BCUT2D eigenvalue weighted by Gasteiger charge is -2.25. The smallest absolute Gasteiger partial charge is 0.227 e. The summed E-state index contributed by atoms with van der Waals surface area (Å²) in [5, 5.41) is 0.259. The van der Waals surface area contributed by atoms with Crippen molar-refractivity contribution < 1.29 is 13.2 Å². The highest BCUT2D eigenvalue weighted by Gasteiger charge is 2.24. The minimum Gasteiger partial charge on any atom is -0.342 e. The second-order valence-corrected chi connectivity index (χ2v) is 10.9. The lowest BCUT2D eigenvalue weighted by atomic mass is 9.94. The van der Waals surface area contributed by atoms with Gasteiger partial charge in [0.15, 0.2) is 9.84 Å². The van der Waals surface area contributed by atoms with Gasteiger partial charge in [0.1, 0.15) is 0 Å². The highest BCUT2D eigenvalue weighted by Crippen LogP contribution is 2.28. The van der Waals surface area contributed by atoms with E-state index in [0.717, 1.165) is 36.4 Å². The number of carbonyl (C=O) groups is 1. The molecule has 1 atom stereocenters. The van der Waals surface area contributed by atoms with Gasteiger partial charge < -0.3 is 4.90 Å². The summed E-state index contributed by atoms with van der Waals surface area (Å²) in [7, 11) is -3.29. The summed E-state index contributed by atoms with van der Waals surface area (Å²) >= 11 is 6.01. The molecule has 156 valence electrons. The van der Waals surface area contributed by atoms with Gasteiger partial charge in [-0.25, -0.2) is 8.42 Å². The van der Waals surface area contributed by atoms with Crippen LogP contribution >= 0.6 is 11.6 Å². The molecule has 3 rings (SSSR count). The molecule has 1 saturated heterocycles. The van der Waals surface area contributed by atoms with E-state index < -0.39 is 15.1 Å². The monoisotopic (exact) mass is 433 g/mol. The normalized spacial score (nSPS) is 17.9. The molecule has 1 amide bonds. The van der Waals surface area contributed by atoms with E-state index in [4.69, 9.17) is 11.6 Å². The number of sulfone groups is 1. The van der Waals surface area contributed by atoms with Crippen LogP contribution in [-0.2, 0) is 21.1 Å². The van der Waals surface area contributed by atoms with E-state index in [9.17, 15) is 13.2 Å². The predicted octanol–water partition coefficient (Wildman–Crippen LogP) is 4.86. The minimum atomic E-state index is -3.29. The Hall–Kier alpha value is -1.85. The second kappa shape index (κ2) is 9.31. The summed E-state index contributed by atoms with van der Waals surface area (Å²) < 4.78 is 24.5. The number of likely N-dealkylation sites (tertiary alicyclic amines) is 1. The predicted molar refractivity (Wildman–Crippen MR) is 117 cm³/mol. The van der Waals surface area contributed by atoms with Crippen molar-refractivity contribution in [1.82, 2.24) is 4.90 Å². The van der Waals surface area contributed by atoms with E-state index >= 15 is 0 Å². The van der Waals surface area contributed by atoms with Crippen molar-refractivity contribution in [3.63, 3.8) is 0 Å². The molecule has 0 spiro atoms. The lowest BCUT2D eigenvalue weighted by molar-refractivity contribution is -0.130. The number of amides is 1. The zero-order valence-electron chi connectivity index (χ0n) is 17.0. The quantitative estimate of drug-likeness (QED) is 0.676. The van der Waals surface area contributed by atoms with Gasteiger partial charge in [0.2, 0.25) is 5.91 Å². The molecule has 6 heteroatoms. The summed E-state index contributed by atoms with van der Waals surface area (Å²) in [4.78, 5) is 15.2. The largest absolute Gasteiger partial charge is 0.342 e. The van der Waals surface area contributed by atoms with Gasteiger partial charge in [-0.1, -0.05) is 42.3 Å². The molecular formula is C23H28ClNO3S. The summed E-state index contributed by atoms with van der Waals surface area (Å²) in [6, 6.07) is 14.6. The molecule has 2 aromatic carbocycles. The Kier molecular flexibility index (Phi) is 7.01. The first kappa shape index (κ1) is 21.8. The fourth-order valence-corrected chi connectivity index (χ4v) is 4.92. The van der Waals surface area contributed by atoms with Crippen LogP contribution in [0.5, 0.6) is 0 Å². The summed E-state index contributed by atoms with van der Waals surface area (Å²) in [5.74, 6) is 0.405. The molecule has 0 bridgehead atoms. The van der Waals surface area contributed by atoms with E-state index in [2.05, 4.69) is 12.1 Å². The van der Waals surface area contributed by atoms with Crippen LogP contribution in [0.25, 0.3) is 0 Å². The Labute approximate surface area is 178 Å². The van der Waals surface area contributed by atoms with Crippen LogP contribution in [0.1, 0.15) is 50.2 Å². The van der Waals surface area contributed by atoms with Crippen LogP contribution in [0.3, 0.4) is 0 Å². The van der Waals surface area contributed by atoms with Crippen LogP contribution in [0.2, 0.25) is 5.02 Å². The average Bonchev–Trinajstić information content (AvgIpc) is 2.95. The molecule has 1 aliphatic heterocycles. The first-order chi connectivity index (χ1) is 13.8. The van der Waals surface area contributed by atoms with Crippen LogP contribution in [0, 0.1) is 0 Å². The van der Waals surface area contributed by atoms with Gasteiger partial charge in [-0.3, -0.25) is 4.79 Å². The fourth-order valence-electron chi connectivity index (χ4n) is 3.73. The number of rotatable bonds is 5. The van der Waals surface area contributed by atoms with Crippen LogP contribution < -0.4 is 0 Å². The van der Waals surface area contributed by atoms with Crippen molar-refractivity contribution in [2.24, 2.45) is 0 Å². The van der Waals surface area contributed by atoms with E-state index in [1.165, 1.54) is 5.56 Å². The Morgan fingerprint density at radius 3 is 2.34 bits per heavy atom. The molecule has 0 radical (unpaired) electrons. The maximum atomic E-state index is 12.9. The van der Waals surface area contributed by atoms with Crippen molar-refractivity contribution in [3.8, 4) is 0 Å². The number of hydrogen-bond donors (Lipinski definition) is 0. The molecular weight excluding hydrogens is 406 g/mol. The maximum absolute atomic E-state index is 12.9. The Morgan fingerprint density at radius 2 is 1.72 bits per heavy atom. The van der Waals surface area contributed by atoms with Gasteiger partial charge in [0.05, 0.1) is 16.6 Å². The minimum absolute atomic E-state index is 0.0883. The molecule has 1 fully saturated rings. The molecule has 0 aromatic heterocycles. The zero-order valence-corrected chi connectivity index (χ0v) is 18.5. The van der Waals surface area contributed by atoms with Gasteiger partial charge in [-0.2, -0.15) is 0 Å². The molecule has 1 heterocycles. The topological polar surface area (TPSA) is 54.5 Å². The number of benzene rings is 2. The highest BCUT2D eigenvalue weighted by atomic mass is 35.5. The van der Waals surface area contributed by atoms with E-state index in [-0.39, 0.29) is 12.3 Å². The standard InChI is InChI=1S/C23H28ClNO3S/c1-17(2)29(27,28)22-12-6-18(7-13-22)15-23(26)25-14-4-3-5-20(16-25)19-8-10-21(24)11-9-19/h6-13,17,20H,3-5,14-16H2,1-2H3/t20-/m1/s1.